The number of anilines is 1. The third kappa shape index (κ3) is 4.28. The predicted molar refractivity (Wildman–Crippen MR) is 86.8 cm³/mol. The van der Waals surface area contributed by atoms with Crippen molar-refractivity contribution in [2.24, 2.45) is 0 Å². The molecule has 0 aromatic carbocycles. The number of nitrogens with zero attached hydrogens (tertiary/aromatic N) is 3. The second kappa shape index (κ2) is 7.91. The van der Waals surface area contributed by atoms with Crippen LogP contribution in [-0.2, 0) is 11.3 Å². The largest absolute Gasteiger partial charge is 0.383 e. The van der Waals surface area contributed by atoms with E-state index in [9.17, 15) is 4.79 Å². The van der Waals surface area contributed by atoms with Gasteiger partial charge in [-0.1, -0.05) is 0 Å². The van der Waals surface area contributed by atoms with Gasteiger partial charge in [0.05, 0.1) is 25.0 Å². The van der Waals surface area contributed by atoms with Crippen LogP contribution in [-0.4, -0.2) is 54.1 Å². The van der Waals surface area contributed by atoms with Gasteiger partial charge in [-0.05, 0) is 48.8 Å². The Hall–Kier alpha value is -0.920. The molecule has 0 amide bonds. The minimum absolute atomic E-state index is 0.133. The number of ether oxygens (including phenoxy) is 1. The van der Waals surface area contributed by atoms with Gasteiger partial charge < -0.3 is 10.1 Å². The zero-order chi connectivity index (χ0) is 15.2. The third-order valence-electron chi connectivity index (χ3n) is 3.84. The van der Waals surface area contributed by atoms with Gasteiger partial charge in [0.1, 0.15) is 4.47 Å². The Morgan fingerprint density at radius 2 is 2.19 bits per heavy atom. The Bertz CT molecular complexity index is 514. The lowest BCUT2D eigenvalue weighted by atomic mass is 10.3. The fourth-order valence-electron chi connectivity index (χ4n) is 2.49. The molecular formula is C14H23BrN4O2. The molecular weight excluding hydrogens is 336 g/mol. The number of methoxy groups -OCH3 is 1. The van der Waals surface area contributed by atoms with Crippen molar-refractivity contribution in [2.75, 3.05) is 38.7 Å². The molecule has 1 aliphatic rings. The van der Waals surface area contributed by atoms with Gasteiger partial charge in [0.2, 0.25) is 0 Å². The van der Waals surface area contributed by atoms with E-state index in [1.807, 2.05) is 0 Å². The Labute approximate surface area is 133 Å². The first-order valence-corrected chi connectivity index (χ1v) is 8.15. The maximum atomic E-state index is 12.1. The van der Waals surface area contributed by atoms with E-state index < -0.39 is 0 Å². The highest BCUT2D eigenvalue weighted by Crippen LogP contribution is 2.17. The van der Waals surface area contributed by atoms with Crippen LogP contribution >= 0.6 is 15.9 Å². The number of aromatic nitrogens is 2. The molecule has 1 aliphatic heterocycles. The van der Waals surface area contributed by atoms with Crippen LogP contribution in [0.15, 0.2) is 15.5 Å². The highest BCUT2D eigenvalue weighted by atomic mass is 79.9. The van der Waals surface area contributed by atoms with E-state index in [2.05, 4.69) is 38.2 Å². The summed E-state index contributed by atoms with van der Waals surface area (Å²) in [5.41, 5.74) is 0.616. The van der Waals surface area contributed by atoms with Crippen molar-refractivity contribution >= 4 is 21.6 Å². The van der Waals surface area contributed by atoms with Crippen LogP contribution in [0.1, 0.15) is 19.8 Å². The van der Waals surface area contributed by atoms with Crippen LogP contribution in [0.4, 0.5) is 5.69 Å². The van der Waals surface area contributed by atoms with Crippen molar-refractivity contribution in [3.05, 3.63) is 21.0 Å². The standard InChI is InChI=1S/C14H23BrN4O2/c1-11(18-5-3-4-6-18)9-16-12-10-17-19(7-8-21-2)14(20)13(12)15/h10-11,16H,3-9H2,1-2H3. The van der Waals surface area contributed by atoms with Crippen LogP contribution in [0.3, 0.4) is 0 Å². The van der Waals surface area contributed by atoms with Gasteiger partial charge >= 0.3 is 0 Å². The molecule has 118 valence electrons. The number of halogens is 1. The number of likely N-dealkylation sites (tertiary alicyclic amines) is 1. The lowest BCUT2D eigenvalue weighted by Gasteiger charge is -2.24. The average molecular weight is 359 g/mol. The van der Waals surface area contributed by atoms with Crippen molar-refractivity contribution in [2.45, 2.75) is 32.4 Å². The summed E-state index contributed by atoms with van der Waals surface area (Å²) in [5, 5.41) is 7.49. The van der Waals surface area contributed by atoms with Gasteiger partial charge in [-0.3, -0.25) is 9.69 Å². The molecule has 0 spiro atoms. The monoisotopic (exact) mass is 358 g/mol. The molecule has 0 radical (unpaired) electrons. The minimum Gasteiger partial charge on any atom is -0.383 e. The molecule has 21 heavy (non-hydrogen) atoms. The van der Waals surface area contributed by atoms with Crippen LogP contribution in [0.2, 0.25) is 0 Å². The summed E-state index contributed by atoms with van der Waals surface area (Å²) < 4.78 is 6.91. The molecule has 1 N–H and O–H groups in total. The van der Waals surface area contributed by atoms with Gasteiger partial charge in [-0.2, -0.15) is 5.10 Å². The van der Waals surface area contributed by atoms with E-state index in [1.54, 1.807) is 13.3 Å². The maximum absolute atomic E-state index is 12.1. The summed E-state index contributed by atoms with van der Waals surface area (Å²) in [6.45, 7) is 6.28. The molecule has 0 aliphatic carbocycles. The van der Waals surface area contributed by atoms with E-state index in [-0.39, 0.29) is 5.56 Å². The smallest absolute Gasteiger partial charge is 0.283 e. The van der Waals surface area contributed by atoms with Crippen molar-refractivity contribution in [1.82, 2.24) is 14.7 Å². The summed E-state index contributed by atoms with van der Waals surface area (Å²) >= 11 is 3.37. The summed E-state index contributed by atoms with van der Waals surface area (Å²) in [4.78, 5) is 14.6. The van der Waals surface area contributed by atoms with Crippen LogP contribution in [0.25, 0.3) is 0 Å². The molecule has 0 bridgehead atoms. The Morgan fingerprint density at radius 1 is 1.48 bits per heavy atom. The molecule has 1 saturated heterocycles. The second-order valence-electron chi connectivity index (χ2n) is 5.37. The zero-order valence-electron chi connectivity index (χ0n) is 12.6. The van der Waals surface area contributed by atoms with Crippen LogP contribution in [0, 0.1) is 0 Å². The highest BCUT2D eigenvalue weighted by molar-refractivity contribution is 9.10. The predicted octanol–water partition coefficient (Wildman–Crippen LogP) is 1.55. The molecule has 0 saturated carbocycles. The Kier molecular flexibility index (Phi) is 6.20. The van der Waals surface area contributed by atoms with Gasteiger partial charge in [0.25, 0.3) is 5.56 Å². The molecule has 1 fully saturated rings. The average Bonchev–Trinajstić information content (AvgIpc) is 3.02. The van der Waals surface area contributed by atoms with E-state index in [1.165, 1.54) is 30.6 Å². The van der Waals surface area contributed by atoms with Crippen molar-refractivity contribution in [3.8, 4) is 0 Å². The van der Waals surface area contributed by atoms with E-state index in [4.69, 9.17) is 4.74 Å². The first-order chi connectivity index (χ1) is 10.1. The van der Waals surface area contributed by atoms with Gasteiger partial charge in [0, 0.05) is 19.7 Å². The Balaban J connectivity index is 1.97. The maximum Gasteiger partial charge on any atom is 0.283 e. The molecule has 1 unspecified atom stereocenters. The molecule has 1 aromatic heterocycles. The molecule has 1 atom stereocenters. The molecule has 6 nitrogen and oxygen atoms in total. The fourth-order valence-corrected chi connectivity index (χ4v) is 2.94. The lowest BCUT2D eigenvalue weighted by molar-refractivity contribution is 0.181. The van der Waals surface area contributed by atoms with Crippen LogP contribution in [0.5, 0.6) is 0 Å². The molecule has 2 heterocycles. The summed E-state index contributed by atoms with van der Waals surface area (Å²) in [7, 11) is 1.61. The van der Waals surface area contributed by atoms with Crippen molar-refractivity contribution in [3.63, 3.8) is 0 Å². The highest BCUT2D eigenvalue weighted by Gasteiger charge is 2.18. The van der Waals surface area contributed by atoms with Gasteiger partial charge in [0.15, 0.2) is 0 Å². The third-order valence-corrected chi connectivity index (χ3v) is 4.61. The first-order valence-electron chi connectivity index (χ1n) is 7.36. The van der Waals surface area contributed by atoms with Gasteiger partial charge in [-0.25, -0.2) is 4.68 Å². The number of rotatable bonds is 7. The number of nitrogens with one attached hydrogen (secondary N) is 1. The normalized spacial score (nSPS) is 17.1. The van der Waals surface area contributed by atoms with E-state index in [0.717, 1.165) is 12.2 Å². The summed E-state index contributed by atoms with van der Waals surface area (Å²) in [6.07, 6.45) is 4.26. The number of hydrogen-bond donors (Lipinski definition) is 1. The van der Waals surface area contributed by atoms with Crippen LogP contribution < -0.4 is 10.9 Å². The fraction of sp³-hybridized carbons (Fsp3) is 0.714. The topological polar surface area (TPSA) is 59.4 Å². The van der Waals surface area contributed by atoms with Crippen molar-refractivity contribution in [1.29, 1.82) is 0 Å². The molecule has 2 rings (SSSR count). The quantitative estimate of drug-likeness (QED) is 0.801. The molecule has 1 aromatic rings. The first kappa shape index (κ1) is 16.5. The summed E-state index contributed by atoms with van der Waals surface area (Å²) in [5.74, 6) is 0. The Morgan fingerprint density at radius 3 is 2.86 bits per heavy atom. The lowest BCUT2D eigenvalue weighted by Crippen LogP contribution is -2.36. The second-order valence-corrected chi connectivity index (χ2v) is 6.16. The molecule has 7 heteroatoms. The van der Waals surface area contributed by atoms with E-state index in [0.29, 0.717) is 23.7 Å². The van der Waals surface area contributed by atoms with E-state index >= 15 is 0 Å². The number of hydrogen-bond acceptors (Lipinski definition) is 5. The van der Waals surface area contributed by atoms with Gasteiger partial charge in [-0.15, -0.1) is 0 Å². The minimum atomic E-state index is -0.133. The zero-order valence-corrected chi connectivity index (χ0v) is 14.2. The summed E-state index contributed by atoms with van der Waals surface area (Å²) in [6, 6.07) is 0.454. The SMILES string of the molecule is COCCn1ncc(NCC(C)N2CCCC2)c(Br)c1=O. The van der Waals surface area contributed by atoms with Crippen molar-refractivity contribution < 1.29 is 4.74 Å².